The van der Waals surface area contributed by atoms with Gasteiger partial charge in [-0.25, -0.2) is 0 Å². The molecule has 2 rings (SSSR count). The van der Waals surface area contributed by atoms with Crippen molar-refractivity contribution in [3.63, 3.8) is 0 Å². The number of hydrogen-bond donors (Lipinski definition) is 1. The minimum absolute atomic E-state index is 0.354. The topological polar surface area (TPSA) is 12.0 Å². The standard InChI is InChI=1S/C20H27N/c1-4-5-9-17-12-14-19(15-13-17)20(21-3)16(2)18-10-7-6-8-11-18/h6-8,10-16,20-21H,4-5,9H2,1-3H3. The predicted molar refractivity (Wildman–Crippen MR) is 91.7 cm³/mol. The highest BCUT2D eigenvalue weighted by molar-refractivity contribution is 5.30. The van der Waals surface area contributed by atoms with Gasteiger partial charge >= 0.3 is 0 Å². The first-order valence-corrected chi connectivity index (χ1v) is 8.07. The lowest BCUT2D eigenvalue weighted by Gasteiger charge is -2.24. The van der Waals surface area contributed by atoms with Gasteiger partial charge in [0.2, 0.25) is 0 Å². The molecule has 0 heterocycles. The molecule has 0 spiro atoms. The molecule has 2 aromatic carbocycles. The van der Waals surface area contributed by atoms with Gasteiger partial charge in [-0.3, -0.25) is 0 Å². The van der Waals surface area contributed by atoms with Crippen LogP contribution < -0.4 is 5.32 Å². The summed E-state index contributed by atoms with van der Waals surface area (Å²) >= 11 is 0. The average Bonchev–Trinajstić information content (AvgIpc) is 2.55. The Bertz CT molecular complexity index is 515. The van der Waals surface area contributed by atoms with Crippen LogP contribution in [0.5, 0.6) is 0 Å². The van der Waals surface area contributed by atoms with Crippen LogP contribution in [-0.4, -0.2) is 7.05 Å². The largest absolute Gasteiger partial charge is 0.312 e. The van der Waals surface area contributed by atoms with E-state index in [1.807, 2.05) is 0 Å². The highest BCUT2D eigenvalue weighted by Gasteiger charge is 2.18. The van der Waals surface area contributed by atoms with Gasteiger partial charge in [0.25, 0.3) is 0 Å². The fourth-order valence-corrected chi connectivity index (χ4v) is 2.93. The molecule has 0 saturated carbocycles. The Morgan fingerprint density at radius 1 is 0.905 bits per heavy atom. The van der Waals surface area contributed by atoms with Gasteiger partial charge in [-0.2, -0.15) is 0 Å². The Balaban J connectivity index is 2.13. The minimum atomic E-state index is 0.354. The van der Waals surface area contributed by atoms with Gasteiger partial charge in [0, 0.05) is 12.0 Å². The van der Waals surface area contributed by atoms with E-state index in [-0.39, 0.29) is 0 Å². The van der Waals surface area contributed by atoms with Crippen LogP contribution in [0.1, 0.15) is 55.3 Å². The molecule has 0 bridgehead atoms. The Labute approximate surface area is 129 Å². The van der Waals surface area contributed by atoms with Crippen molar-refractivity contribution in [1.29, 1.82) is 0 Å². The van der Waals surface area contributed by atoms with Crippen molar-refractivity contribution < 1.29 is 0 Å². The summed E-state index contributed by atoms with van der Waals surface area (Å²) in [5.41, 5.74) is 4.20. The van der Waals surface area contributed by atoms with E-state index in [1.54, 1.807) is 0 Å². The zero-order valence-electron chi connectivity index (χ0n) is 13.5. The molecule has 2 atom stereocenters. The maximum Gasteiger partial charge on any atom is 0.0384 e. The number of aryl methyl sites for hydroxylation is 1. The fourth-order valence-electron chi connectivity index (χ4n) is 2.93. The maximum atomic E-state index is 3.48. The summed E-state index contributed by atoms with van der Waals surface area (Å²) < 4.78 is 0. The molecule has 0 aromatic heterocycles. The first-order chi connectivity index (χ1) is 10.3. The third-order valence-corrected chi connectivity index (χ3v) is 4.29. The molecule has 0 fully saturated rings. The van der Waals surface area contributed by atoms with Crippen LogP contribution in [0.25, 0.3) is 0 Å². The highest BCUT2D eigenvalue weighted by Crippen LogP contribution is 2.30. The van der Waals surface area contributed by atoms with Crippen molar-refractivity contribution in [2.45, 2.75) is 45.1 Å². The normalized spacial score (nSPS) is 13.9. The number of nitrogens with one attached hydrogen (secondary N) is 1. The van der Waals surface area contributed by atoms with Gasteiger partial charge in [0.15, 0.2) is 0 Å². The monoisotopic (exact) mass is 281 g/mol. The molecule has 0 aliphatic rings. The molecule has 0 radical (unpaired) electrons. The molecule has 21 heavy (non-hydrogen) atoms. The van der Waals surface area contributed by atoms with E-state index in [0.29, 0.717) is 12.0 Å². The second kappa shape index (κ2) is 7.99. The lowest BCUT2D eigenvalue weighted by molar-refractivity contribution is 0.508. The second-order valence-corrected chi connectivity index (χ2v) is 5.81. The van der Waals surface area contributed by atoms with E-state index < -0.39 is 0 Å². The highest BCUT2D eigenvalue weighted by atomic mass is 14.9. The smallest absolute Gasteiger partial charge is 0.0384 e. The second-order valence-electron chi connectivity index (χ2n) is 5.81. The van der Waals surface area contributed by atoms with E-state index in [9.17, 15) is 0 Å². The number of rotatable bonds is 7. The van der Waals surface area contributed by atoms with Crippen molar-refractivity contribution in [1.82, 2.24) is 5.32 Å². The first kappa shape index (κ1) is 15.8. The van der Waals surface area contributed by atoms with Crippen LogP contribution in [0.3, 0.4) is 0 Å². The number of benzene rings is 2. The Morgan fingerprint density at radius 3 is 2.14 bits per heavy atom. The molecule has 1 heteroatoms. The number of hydrogen-bond acceptors (Lipinski definition) is 1. The van der Waals surface area contributed by atoms with Gasteiger partial charge in [0.1, 0.15) is 0 Å². The summed E-state index contributed by atoms with van der Waals surface area (Å²) in [7, 11) is 2.05. The van der Waals surface area contributed by atoms with Crippen molar-refractivity contribution in [2.75, 3.05) is 7.05 Å². The summed E-state index contributed by atoms with van der Waals surface area (Å²) in [4.78, 5) is 0. The van der Waals surface area contributed by atoms with E-state index in [4.69, 9.17) is 0 Å². The fraction of sp³-hybridized carbons (Fsp3) is 0.400. The average molecular weight is 281 g/mol. The zero-order chi connectivity index (χ0) is 15.1. The lowest BCUT2D eigenvalue weighted by atomic mass is 9.88. The van der Waals surface area contributed by atoms with Crippen LogP contribution in [0, 0.1) is 0 Å². The molecule has 2 unspecified atom stereocenters. The number of unbranched alkanes of at least 4 members (excludes halogenated alkanes) is 1. The van der Waals surface area contributed by atoms with Gasteiger partial charge in [-0.05, 0) is 36.6 Å². The zero-order valence-corrected chi connectivity index (χ0v) is 13.5. The summed E-state index contributed by atoms with van der Waals surface area (Å²) in [5.74, 6) is 0.456. The van der Waals surface area contributed by atoms with Gasteiger partial charge < -0.3 is 5.32 Å². The number of likely N-dealkylation sites (N-methyl/N-ethyl adjacent to an activating group) is 1. The lowest BCUT2D eigenvalue weighted by Crippen LogP contribution is -2.22. The van der Waals surface area contributed by atoms with E-state index >= 15 is 0 Å². The van der Waals surface area contributed by atoms with Crippen LogP contribution >= 0.6 is 0 Å². The SMILES string of the molecule is CCCCc1ccc(C(NC)C(C)c2ccccc2)cc1. The van der Waals surface area contributed by atoms with E-state index in [1.165, 1.54) is 36.0 Å². The van der Waals surface area contributed by atoms with Crippen molar-refractivity contribution in [3.8, 4) is 0 Å². The van der Waals surface area contributed by atoms with Crippen LogP contribution in [0.15, 0.2) is 54.6 Å². The Kier molecular flexibility index (Phi) is 6.01. The molecular formula is C20H27N. The molecule has 1 nitrogen and oxygen atoms in total. The first-order valence-electron chi connectivity index (χ1n) is 8.07. The minimum Gasteiger partial charge on any atom is -0.312 e. The molecule has 0 aliphatic heterocycles. The molecular weight excluding hydrogens is 254 g/mol. The van der Waals surface area contributed by atoms with Crippen molar-refractivity contribution >= 4 is 0 Å². The predicted octanol–water partition coefficient (Wildman–Crippen LogP) is 5.09. The van der Waals surface area contributed by atoms with Gasteiger partial charge in [-0.15, -0.1) is 0 Å². The third kappa shape index (κ3) is 4.18. The molecule has 0 amide bonds. The molecule has 0 saturated heterocycles. The Morgan fingerprint density at radius 2 is 1.57 bits per heavy atom. The van der Waals surface area contributed by atoms with E-state index in [2.05, 4.69) is 80.8 Å². The molecule has 0 aliphatic carbocycles. The van der Waals surface area contributed by atoms with Gasteiger partial charge in [-0.1, -0.05) is 74.9 Å². The summed E-state index contributed by atoms with van der Waals surface area (Å²) in [5, 5.41) is 3.48. The molecule has 2 aromatic rings. The maximum absolute atomic E-state index is 3.48. The quantitative estimate of drug-likeness (QED) is 0.745. The van der Waals surface area contributed by atoms with Crippen LogP contribution in [0.4, 0.5) is 0 Å². The molecule has 1 N–H and O–H groups in total. The van der Waals surface area contributed by atoms with Crippen molar-refractivity contribution in [2.24, 2.45) is 0 Å². The van der Waals surface area contributed by atoms with Gasteiger partial charge in [0.05, 0.1) is 0 Å². The molecule has 112 valence electrons. The van der Waals surface area contributed by atoms with E-state index in [0.717, 1.165) is 0 Å². The summed E-state index contributed by atoms with van der Waals surface area (Å²) in [6.45, 7) is 4.54. The third-order valence-electron chi connectivity index (χ3n) is 4.29. The van der Waals surface area contributed by atoms with Crippen LogP contribution in [-0.2, 0) is 6.42 Å². The van der Waals surface area contributed by atoms with Crippen molar-refractivity contribution in [3.05, 3.63) is 71.3 Å². The summed E-state index contributed by atoms with van der Waals surface area (Å²) in [6, 6.07) is 20.2. The Hall–Kier alpha value is -1.60. The van der Waals surface area contributed by atoms with Crippen LogP contribution in [0.2, 0.25) is 0 Å². The summed E-state index contributed by atoms with van der Waals surface area (Å²) in [6.07, 6.45) is 3.72.